The van der Waals surface area contributed by atoms with Crippen LogP contribution < -0.4 is 5.73 Å². The normalized spacial score (nSPS) is 11.8. The quantitative estimate of drug-likeness (QED) is 0.313. The highest BCUT2D eigenvalue weighted by Crippen LogP contribution is 2.38. The van der Waals surface area contributed by atoms with Crippen LogP contribution in [0.4, 0.5) is 0 Å². The lowest BCUT2D eigenvalue weighted by Crippen LogP contribution is -2.16. The third-order valence-electron chi connectivity index (χ3n) is 3.90. The molecule has 0 spiro atoms. The van der Waals surface area contributed by atoms with Crippen LogP contribution in [-0.4, -0.2) is 24.4 Å². The number of carbonyl (C=O) groups excluding carboxylic acids is 1. The molecule has 2 nitrogen and oxygen atoms in total. The zero-order valence-electron chi connectivity index (χ0n) is 15.9. The Morgan fingerprint density at radius 1 is 0.960 bits per heavy atom. The molecule has 1 aromatic rings. The smallest absolute Gasteiger partial charge is 0.240 e. The maximum absolute atomic E-state index is 10.6. The molecule has 1 atom stereocenters. The van der Waals surface area contributed by atoms with Gasteiger partial charge in [0.1, 0.15) is 5.38 Å². The molecular weight excluding hydrogens is 372 g/mol. The van der Waals surface area contributed by atoms with Crippen molar-refractivity contribution in [3.63, 3.8) is 0 Å². The molecule has 0 bridgehead atoms. The van der Waals surface area contributed by atoms with Crippen molar-refractivity contribution in [2.24, 2.45) is 5.73 Å². The second-order valence-corrected chi connectivity index (χ2v) is 9.77. The standard InChI is InChI=1S/C12H27P.C8H7Cl2NO/c1-4-7-10-13(11-8-5-2)12-9-6-3;9-6-3-1-5(2-4-6)7(10)8(11)12/h4-12H2,1-3H3;1-4,7H,(H2,11,12). The van der Waals surface area contributed by atoms with E-state index in [0.29, 0.717) is 18.5 Å². The molecular formula is C20H34Cl2NOP. The summed E-state index contributed by atoms with van der Waals surface area (Å²) in [6.07, 6.45) is 13.2. The maximum atomic E-state index is 10.6. The van der Waals surface area contributed by atoms with E-state index in [1.54, 1.807) is 42.8 Å². The molecule has 1 unspecified atom stereocenters. The van der Waals surface area contributed by atoms with E-state index in [4.69, 9.17) is 28.9 Å². The van der Waals surface area contributed by atoms with Gasteiger partial charge in [-0.25, -0.2) is 0 Å². The molecule has 0 saturated heterocycles. The van der Waals surface area contributed by atoms with Crippen LogP contribution >= 0.6 is 31.1 Å². The summed E-state index contributed by atoms with van der Waals surface area (Å²) < 4.78 is 0. The first kappa shape index (κ1) is 24.7. The third-order valence-corrected chi connectivity index (χ3v) is 7.46. The monoisotopic (exact) mass is 405 g/mol. The van der Waals surface area contributed by atoms with Crippen LogP contribution in [0.2, 0.25) is 5.02 Å². The first-order valence-corrected chi connectivity index (χ1v) is 12.1. The van der Waals surface area contributed by atoms with Gasteiger partial charge in [0.25, 0.3) is 0 Å². The number of hydrogen-bond acceptors (Lipinski definition) is 1. The molecule has 0 aromatic heterocycles. The Bertz CT molecular complexity index is 434. The molecule has 2 N–H and O–H groups in total. The van der Waals surface area contributed by atoms with Crippen LogP contribution in [0.1, 0.15) is 70.2 Å². The number of halogens is 2. The maximum Gasteiger partial charge on any atom is 0.240 e. The fourth-order valence-corrected chi connectivity index (χ4v) is 5.51. The lowest BCUT2D eigenvalue weighted by atomic mass is 10.1. The van der Waals surface area contributed by atoms with Crippen molar-refractivity contribution in [2.75, 3.05) is 18.5 Å². The van der Waals surface area contributed by atoms with Gasteiger partial charge in [0.15, 0.2) is 0 Å². The molecule has 144 valence electrons. The number of carbonyl (C=O) groups is 1. The van der Waals surface area contributed by atoms with Gasteiger partial charge < -0.3 is 5.73 Å². The molecule has 25 heavy (non-hydrogen) atoms. The lowest BCUT2D eigenvalue weighted by molar-refractivity contribution is -0.117. The van der Waals surface area contributed by atoms with Gasteiger partial charge in [-0.15, -0.1) is 19.5 Å². The molecule has 0 aliphatic rings. The molecule has 0 fully saturated rings. The topological polar surface area (TPSA) is 43.1 Å². The predicted octanol–water partition coefficient (Wildman–Crippen LogP) is 6.97. The first-order valence-electron chi connectivity index (χ1n) is 9.37. The van der Waals surface area contributed by atoms with Gasteiger partial charge in [-0.1, -0.05) is 63.8 Å². The van der Waals surface area contributed by atoms with Crippen LogP contribution in [0.25, 0.3) is 0 Å². The van der Waals surface area contributed by atoms with E-state index in [1.807, 2.05) is 0 Å². The van der Waals surface area contributed by atoms with Crippen molar-refractivity contribution in [2.45, 2.75) is 64.7 Å². The fourth-order valence-electron chi connectivity index (χ4n) is 2.28. The minimum atomic E-state index is -0.776. The third kappa shape index (κ3) is 12.7. The van der Waals surface area contributed by atoms with Crippen LogP contribution in [0.5, 0.6) is 0 Å². The van der Waals surface area contributed by atoms with E-state index in [2.05, 4.69) is 20.8 Å². The second-order valence-electron chi connectivity index (χ2n) is 6.22. The molecule has 0 aliphatic carbocycles. The van der Waals surface area contributed by atoms with Gasteiger partial charge in [0, 0.05) is 5.02 Å². The average molecular weight is 406 g/mol. The highest BCUT2D eigenvalue weighted by molar-refractivity contribution is 7.57. The highest BCUT2D eigenvalue weighted by Gasteiger charge is 2.13. The summed E-state index contributed by atoms with van der Waals surface area (Å²) in [5.74, 6) is -0.556. The van der Waals surface area contributed by atoms with E-state index in [9.17, 15) is 4.79 Å². The zero-order chi connectivity index (χ0) is 19.1. The Labute approximate surface area is 165 Å². The predicted molar refractivity (Wildman–Crippen MR) is 115 cm³/mol. The van der Waals surface area contributed by atoms with E-state index in [-0.39, 0.29) is 0 Å². The van der Waals surface area contributed by atoms with Crippen molar-refractivity contribution in [1.82, 2.24) is 0 Å². The van der Waals surface area contributed by atoms with Gasteiger partial charge in [0.05, 0.1) is 0 Å². The molecule has 0 radical (unpaired) electrons. The van der Waals surface area contributed by atoms with Crippen molar-refractivity contribution in [3.05, 3.63) is 34.9 Å². The van der Waals surface area contributed by atoms with Crippen LogP contribution in [-0.2, 0) is 4.79 Å². The van der Waals surface area contributed by atoms with Crippen molar-refractivity contribution in [1.29, 1.82) is 0 Å². The molecule has 1 amide bonds. The summed E-state index contributed by atoms with van der Waals surface area (Å²) in [5.41, 5.74) is 5.66. The summed E-state index contributed by atoms with van der Waals surface area (Å²) in [5, 5.41) is -0.172. The van der Waals surface area contributed by atoms with Crippen molar-refractivity contribution < 1.29 is 4.79 Å². The number of nitrogens with two attached hydrogens (primary N) is 1. The Morgan fingerprint density at radius 3 is 1.68 bits per heavy atom. The molecule has 0 aliphatic heterocycles. The number of benzene rings is 1. The first-order chi connectivity index (χ1) is 12.0. The Kier molecular flexibility index (Phi) is 15.7. The molecule has 0 saturated carbocycles. The van der Waals surface area contributed by atoms with Gasteiger partial charge >= 0.3 is 0 Å². The van der Waals surface area contributed by atoms with E-state index in [0.717, 1.165) is 0 Å². The van der Waals surface area contributed by atoms with Crippen molar-refractivity contribution >= 4 is 37.0 Å². The Balaban J connectivity index is 0.000000462. The van der Waals surface area contributed by atoms with E-state index < -0.39 is 11.3 Å². The summed E-state index contributed by atoms with van der Waals surface area (Å²) in [6.45, 7) is 6.94. The minimum absolute atomic E-state index is 0.422. The summed E-state index contributed by atoms with van der Waals surface area (Å²) in [7, 11) is 0.422. The van der Waals surface area contributed by atoms with E-state index in [1.165, 1.54) is 38.5 Å². The van der Waals surface area contributed by atoms with E-state index >= 15 is 0 Å². The van der Waals surface area contributed by atoms with Crippen LogP contribution in [0, 0.1) is 0 Å². The largest absolute Gasteiger partial charge is 0.368 e. The number of amides is 1. The van der Waals surface area contributed by atoms with Crippen molar-refractivity contribution in [3.8, 4) is 0 Å². The molecule has 1 rings (SSSR count). The summed E-state index contributed by atoms with van der Waals surface area (Å²) >= 11 is 11.3. The summed E-state index contributed by atoms with van der Waals surface area (Å²) in [6, 6.07) is 6.67. The minimum Gasteiger partial charge on any atom is -0.368 e. The van der Waals surface area contributed by atoms with Crippen LogP contribution in [0.15, 0.2) is 24.3 Å². The zero-order valence-corrected chi connectivity index (χ0v) is 18.3. The second kappa shape index (κ2) is 15.9. The molecule has 0 heterocycles. The number of hydrogen-bond donors (Lipinski definition) is 1. The number of unbranched alkanes of at least 4 members (excludes halogenated alkanes) is 3. The van der Waals surface area contributed by atoms with Gasteiger partial charge in [0.2, 0.25) is 5.91 Å². The van der Waals surface area contributed by atoms with Gasteiger partial charge in [-0.3, -0.25) is 4.79 Å². The Morgan fingerprint density at radius 2 is 1.36 bits per heavy atom. The summed E-state index contributed by atoms with van der Waals surface area (Å²) in [4.78, 5) is 10.6. The lowest BCUT2D eigenvalue weighted by Gasteiger charge is -2.16. The highest BCUT2D eigenvalue weighted by atomic mass is 35.5. The number of rotatable bonds is 11. The fraction of sp³-hybridized carbons (Fsp3) is 0.650. The van der Waals surface area contributed by atoms with Gasteiger partial charge in [-0.05, 0) is 55.4 Å². The molecule has 5 heteroatoms. The average Bonchev–Trinajstić information content (AvgIpc) is 2.61. The SMILES string of the molecule is CCCCP(CCCC)CCCC.NC(=O)C(Cl)c1ccc(Cl)cc1. The number of primary amides is 1. The van der Waals surface area contributed by atoms with Gasteiger partial charge in [-0.2, -0.15) is 0 Å². The van der Waals surface area contributed by atoms with Crippen LogP contribution in [0.3, 0.4) is 0 Å². The molecule has 1 aromatic carbocycles. The Hall–Kier alpha value is -0.300. The number of alkyl halides is 1.